The van der Waals surface area contributed by atoms with Crippen LogP contribution in [0.2, 0.25) is 0 Å². The fourth-order valence-electron chi connectivity index (χ4n) is 3.07. The van der Waals surface area contributed by atoms with E-state index in [1.807, 2.05) is 0 Å². The van der Waals surface area contributed by atoms with E-state index in [-0.39, 0.29) is 11.3 Å². The monoisotopic (exact) mass is 418 g/mol. The molecular weight excluding hydrogens is 404 g/mol. The zero-order valence-electron chi connectivity index (χ0n) is 15.5. The van der Waals surface area contributed by atoms with Crippen LogP contribution in [0.4, 0.5) is 28.9 Å². The van der Waals surface area contributed by atoms with Gasteiger partial charge in [0.05, 0.1) is 11.5 Å². The number of rotatable bonds is 5. The van der Waals surface area contributed by atoms with Gasteiger partial charge in [0.25, 0.3) is 11.6 Å². The Morgan fingerprint density at radius 3 is 1.93 bits per heavy atom. The zero-order chi connectivity index (χ0) is 22.0. The standard InChI is InChI=1S/C21H14F4N2O3/c1-12-5-2-10-18(27(29)30)20(12)26(11-13-14(22)6-3-7-15(13)23)21(28)19-16(24)8-4-9-17(19)25/h2-10H,11H2,1H3. The molecule has 3 aromatic rings. The highest BCUT2D eigenvalue weighted by Crippen LogP contribution is 2.35. The molecule has 1 amide bonds. The smallest absolute Gasteiger partial charge is 0.293 e. The molecule has 0 bridgehead atoms. The van der Waals surface area contributed by atoms with Crippen molar-refractivity contribution in [2.75, 3.05) is 4.90 Å². The maximum Gasteiger partial charge on any atom is 0.293 e. The molecule has 0 aromatic heterocycles. The van der Waals surface area contributed by atoms with E-state index in [4.69, 9.17) is 0 Å². The van der Waals surface area contributed by atoms with Gasteiger partial charge in [0.2, 0.25) is 0 Å². The van der Waals surface area contributed by atoms with Gasteiger partial charge in [-0.3, -0.25) is 19.8 Å². The van der Waals surface area contributed by atoms with Crippen LogP contribution in [-0.4, -0.2) is 10.8 Å². The topological polar surface area (TPSA) is 63.5 Å². The van der Waals surface area contributed by atoms with Crippen LogP contribution >= 0.6 is 0 Å². The van der Waals surface area contributed by atoms with Gasteiger partial charge in [-0.05, 0) is 36.8 Å². The van der Waals surface area contributed by atoms with E-state index in [1.54, 1.807) is 0 Å². The van der Waals surface area contributed by atoms with Crippen LogP contribution in [0, 0.1) is 40.3 Å². The first-order valence-electron chi connectivity index (χ1n) is 8.65. The number of nitrogens with zero attached hydrogens (tertiary/aromatic N) is 2. The Kier molecular flexibility index (Phi) is 5.81. The summed E-state index contributed by atoms with van der Waals surface area (Å²) in [4.78, 5) is 24.5. The molecule has 5 nitrogen and oxygen atoms in total. The number of aryl methyl sites for hydroxylation is 1. The van der Waals surface area contributed by atoms with E-state index in [0.717, 1.165) is 42.5 Å². The summed E-state index contributed by atoms with van der Waals surface area (Å²) in [6.07, 6.45) is 0. The van der Waals surface area contributed by atoms with Crippen LogP contribution in [0.25, 0.3) is 0 Å². The van der Waals surface area contributed by atoms with Gasteiger partial charge in [0.1, 0.15) is 34.5 Å². The van der Waals surface area contributed by atoms with E-state index >= 15 is 0 Å². The van der Waals surface area contributed by atoms with Gasteiger partial charge in [-0.2, -0.15) is 0 Å². The molecule has 154 valence electrons. The van der Waals surface area contributed by atoms with Crippen LogP contribution < -0.4 is 4.90 Å². The summed E-state index contributed by atoms with van der Waals surface area (Å²) in [6.45, 7) is 0.606. The van der Waals surface area contributed by atoms with Crippen LogP contribution in [0.15, 0.2) is 54.6 Å². The third kappa shape index (κ3) is 3.86. The van der Waals surface area contributed by atoms with Gasteiger partial charge < -0.3 is 0 Å². The summed E-state index contributed by atoms with van der Waals surface area (Å²) in [7, 11) is 0. The molecule has 0 fully saturated rings. The number of anilines is 1. The third-order valence-corrected chi connectivity index (χ3v) is 4.48. The van der Waals surface area contributed by atoms with Crippen molar-refractivity contribution in [3.8, 4) is 0 Å². The Morgan fingerprint density at radius 1 is 0.900 bits per heavy atom. The number of halogens is 4. The van der Waals surface area contributed by atoms with Gasteiger partial charge in [-0.15, -0.1) is 0 Å². The van der Waals surface area contributed by atoms with Crippen molar-refractivity contribution in [2.24, 2.45) is 0 Å². The van der Waals surface area contributed by atoms with E-state index < -0.39 is 57.5 Å². The second-order valence-corrected chi connectivity index (χ2v) is 6.39. The van der Waals surface area contributed by atoms with Gasteiger partial charge >= 0.3 is 0 Å². The quantitative estimate of drug-likeness (QED) is 0.321. The first-order valence-corrected chi connectivity index (χ1v) is 8.65. The minimum Gasteiger partial charge on any atom is -0.297 e. The fourth-order valence-corrected chi connectivity index (χ4v) is 3.07. The number of amides is 1. The first-order chi connectivity index (χ1) is 14.2. The summed E-state index contributed by atoms with van der Waals surface area (Å²) in [5.41, 5.74) is -2.26. The van der Waals surface area contributed by atoms with Gasteiger partial charge in [-0.1, -0.05) is 24.3 Å². The number of benzene rings is 3. The zero-order valence-corrected chi connectivity index (χ0v) is 15.5. The van der Waals surface area contributed by atoms with E-state index in [2.05, 4.69) is 0 Å². The van der Waals surface area contributed by atoms with Crippen molar-refractivity contribution in [1.82, 2.24) is 0 Å². The lowest BCUT2D eigenvalue weighted by Crippen LogP contribution is -2.33. The molecule has 3 aromatic carbocycles. The molecule has 0 saturated heterocycles. The summed E-state index contributed by atoms with van der Waals surface area (Å²) in [5.74, 6) is -5.77. The molecule has 30 heavy (non-hydrogen) atoms. The van der Waals surface area contributed by atoms with Crippen molar-refractivity contribution < 1.29 is 27.3 Å². The lowest BCUT2D eigenvalue weighted by atomic mass is 10.1. The largest absolute Gasteiger partial charge is 0.297 e. The summed E-state index contributed by atoms with van der Waals surface area (Å²) >= 11 is 0. The minimum atomic E-state index is -1.31. The van der Waals surface area contributed by atoms with Gasteiger partial charge in [0, 0.05) is 11.6 Å². The highest BCUT2D eigenvalue weighted by atomic mass is 19.1. The maximum atomic E-state index is 14.3. The number of nitro groups is 1. The lowest BCUT2D eigenvalue weighted by Gasteiger charge is -2.25. The molecule has 0 aliphatic rings. The second kappa shape index (κ2) is 8.32. The Balaban J connectivity index is 2.26. The molecule has 0 unspecified atom stereocenters. The van der Waals surface area contributed by atoms with Crippen molar-refractivity contribution >= 4 is 17.3 Å². The molecule has 0 spiro atoms. The van der Waals surface area contributed by atoms with E-state index in [9.17, 15) is 32.5 Å². The molecule has 0 aliphatic heterocycles. The first kappa shape index (κ1) is 21.0. The second-order valence-electron chi connectivity index (χ2n) is 6.39. The Morgan fingerprint density at radius 2 is 1.40 bits per heavy atom. The number of hydrogen-bond donors (Lipinski definition) is 0. The van der Waals surface area contributed by atoms with Gasteiger partial charge in [-0.25, -0.2) is 17.6 Å². The van der Waals surface area contributed by atoms with Crippen LogP contribution in [0.1, 0.15) is 21.5 Å². The van der Waals surface area contributed by atoms with Gasteiger partial charge in [0.15, 0.2) is 0 Å². The van der Waals surface area contributed by atoms with Crippen molar-refractivity contribution in [3.63, 3.8) is 0 Å². The number of carbonyl (C=O) groups excluding carboxylic acids is 1. The number of hydrogen-bond acceptors (Lipinski definition) is 3. The average Bonchev–Trinajstić information content (AvgIpc) is 2.68. The van der Waals surface area contributed by atoms with Crippen LogP contribution in [0.3, 0.4) is 0 Å². The van der Waals surface area contributed by atoms with Crippen molar-refractivity contribution in [1.29, 1.82) is 0 Å². The summed E-state index contributed by atoms with van der Waals surface area (Å²) in [5, 5.41) is 11.5. The highest BCUT2D eigenvalue weighted by molar-refractivity contribution is 6.08. The normalized spacial score (nSPS) is 10.7. The molecule has 3 rings (SSSR count). The molecule has 0 atom stereocenters. The summed E-state index contributed by atoms with van der Waals surface area (Å²) in [6, 6.07) is 9.57. The lowest BCUT2D eigenvalue weighted by molar-refractivity contribution is -0.384. The Labute approximate surface area is 168 Å². The van der Waals surface area contributed by atoms with E-state index in [1.165, 1.54) is 19.1 Å². The molecule has 0 heterocycles. The number of para-hydroxylation sites is 1. The predicted octanol–water partition coefficient (Wildman–Crippen LogP) is 5.31. The molecule has 9 heteroatoms. The Bertz CT molecular complexity index is 1110. The van der Waals surface area contributed by atoms with E-state index in [0.29, 0.717) is 4.90 Å². The number of carbonyl (C=O) groups is 1. The molecule has 0 aliphatic carbocycles. The summed E-state index contributed by atoms with van der Waals surface area (Å²) < 4.78 is 57.0. The fraction of sp³-hybridized carbons (Fsp3) is 0.0952. The maximum absolute atomic E-state index is 14.3. The molecule has 0 saturated carbocycles. The predicted molar refractivity (Wildman–Crippen MR) is 101 cm³/mol. The van der Waals surface area contributed by atoms with Crippen molar-refractivity contribution in [3.05, 3.63) is 105 Å². The van der Waals surface area contributed by atoms with Crippen LogP contribution in [0.5, 0.6) is 0 Å². The minimum absolute atomic E-state index is 0.200. The number of nitro benzene ring substituents is 1. The third-order valence-electron chi connectivity index (χ3n) is 4.48. The molecule has 0 radical (unpaired) electrons. The Hall–Kier alpha value is -3.75. The molecule has 0 N–H and O–H groups in total. The van der Waals surface area contributed by atoms with Crippen molar-refractivity contribution in [2.45, 2.75) is 13.5 Å². The average molecular weight is 418 g/mol. The SMILES string of the molecule is Cc1cccc([N+](=O)[O-])c1N(Cc1c(F)cccc1F)C(=O)c1c(F)cccc1F. The molecular formula is C21H14F4N2O3. The highest BCUT2D eigenvalue weighted by Gasteiger charge is 2.31. The van der Waals surface area contributed by atoms with Crippen LogP contribution in [-0.2, 0) is 6.54 Å².